The molecule has 0 bridgehead atoms. The number of hydrogen-bond donors (Lipinski definition) is 3. The van der Waals surface area contributed by atoms with Crippen LogP contribution >= 0.6 is 0 Å². The van der Waals surface area contributed by atoms with E-state index in [-0.39, 0.29) is 39.3 Å². The minimum Gasteiger partial charge on any atom is -0.508 e. The summed E-state index contributed by atoms with van der Waals surface area (Å²) in [5.74, 6) is 0.315. The summed E-state index contributed by atoms with van der Waals surface area (Å²) in [4.78, 5) is 23.9. The van der Waals surface area contributed by atoms with E-state index in [1.165, 1.54) is 48.5 Å². The van der Waals surface area contributed by atoms with Crippen molar-refractivity contribution < 1.29 is 24.2 Å². The van der Waals surface area contributed by atoms with E-state index in [1.807, 2.05) is 48.5 Å². The normalized spacial score (nSPS) is 10.7. The molecule has 4 aromatic carbocycles. The molecule has 2 aromatic heterocycles. The number of benzene rings is 4. The van der Waals surface area contributed by atoms with Crippen molar-refractivity contribution in [2.24, 2.45) is 0 Å². The number of fused-ring (bicyclic) bond motifs is 2. The predicted octanol–water partition coefficient (Wildman–Crippen LogP) is 6.04. The fourth-order valence-electron chi connectivity index (χ4n) is 3.81. The molecule has 0 fully saturated rings. The summed E-state index contributed by atoms with van der Waals surface area (Å²) in [5, 5.41) is 29.0. The van der Waals surface area contributed by atoms with E-state index >= 15 is 0 Å². The predicted molar refractivity (Wildman–Crippen MR) is 141 cm³/mol. The first-order valence-corrected chi connectivity index (χ1v) is 11.3. The lowest BCUT2D eigenvalue weighted by molar-refractivity contribution is 0.404. The topological polar surface area (TPSA) is 121 Å². The molecule has 0 saturated heterocycles. The van der Waals surface area contributed by atoms with Crippen LogP contribution in [0.25, 0.3) is 44.6 Å². The molecule has 0 radical (unpaired) electrons. The van der Waals surface area contributed by atoms with Gasteiger partial charge in [0, 0.05) is 23.3 Å². The molecule has 0 aliphatic rings. The Morgan fingerprint density at radius 3 is 1.84 bits per heavy atom. The molecule has 0 amide bonds. The Morgan fingerprint density at radius 1 is 0.486 bits per heavy atom. The zero-order chi connectivity index (χ0) is 25.9. The van der Waals surface area contributed by atoms with Gasteiger partial charge in [0.25, 0.3) is 0 Å². The molecule has 0 aliphatic heterocycles. The molecule has 3 N–H and O–H groups in total. The maximum atomic E-state index is 12.0. The number of hydrogen-bond acceptors (Lipinski definition) is 7. The van der Waals surface area contributed by atoms with Gasteiger partial charge in [-0.15, -0.1) is 0 Å². The highest BCUT2D eigenvalue weighted by Gasteiger charge is 2.10. The lowest BCUT2D eigenvalue weighted by Crippen LogP contribution is -2.00. The van der Waals surface area contributed by atoms with E-state index in [2.05, 4.69) is 0 Å². The van der Waals surface area contributed by atoms with Crippen molar-refractivity contribution in [1.82, 2.24) is 0 Å². The highest BCUT2D eigenvalue weighted by molar-refractivity contribution is 5.80. The van der Waals surface area contributed by atoms with Crippen LogP contribution in [-0.2, 0) is 0 Å². The molecule has 0 unspecified atom stereocenters. The van der Waals surface area contributed by atoms with E-state index in [0.29, 0.717) is 27.9 Å². The van der Waals surface area contributed by atoms with Crippen molar-refractivity contribution in [3.63, 3.8) is 0 Å². The fourth-order valence-corrected chi connectivity index (χ4v) is 3.81. The Hall–Kier alpha value is -5.30. The smallest absolute Gasteiger partial charge is 0.193 e. The number of para-hydroxylation sites is 1. The second-order valence-electron chi connectivity index (χ2n) is 8.20. The molecule has 0 saturated carbocycles. The van der Waals surface area contributed by atoms with Gasteiger partial charge in [0.2, 0.25) is 0 Å². The monoisotopic (exact) mass is 492 g/mol. The second kappa shape index (κ2) is 9.75. The molecule has 6 rings (SSSR count). The van der Waals surface area contributed by atoms with Gasteiger partial charge in [-0.2, -0.15) is 0 Å². The largest absolute Gasteiger partial charge is 0.508 e. The molecule has 182 valence electrons. The van der Waals surface area contributed by atoms with Crippen molar-refractivity contribution in [3.8, 4) is 39.9 Å². The molecule has 37 heavy (non-hydrogen) atoms. The molecule has 2 heterocycles. The molecule has 0 spiro atoms. The van der Waals surface area contributed by atoms with Gasteiger partial charge in [-0.3, -0.25) is 9.59 Å². The van der Waals surface area contributed by atoms with Crippen LogP contribution in [0.2, 0.25) is 0 Å². The summed E-state index contributed by atoms with van der Waals surface area (Å²) >= 11 is 0. The first kappa shape index (κ1) is 23.4. The average Bonchev–Trinajstić information content (AvgIpc) is 2.91. The minimum absolute atomic E-state index is 0.00861. The van der Waals surface area contributed by atoms with E-state index in [4.69, 9.17) is 8.83 Å². The molecule has 7 heteroatoms. The Bertz CT molecular complexity index is 1850. The maximum absolute atomic E-state index is 12.0. The molecule has 0 aliphatic carbocycles. The van der Waals surface area contributed by atoms with E-state index < -0.39 is 0 Å². The van der Waals surface area contributed by atoms with Crippen LogP contribution in [0.3, 0.4) is 0 Å². The van der Waals surface area contributed by atoms with Crippen molar-refractivity contribution in [3.05, 3.63) is 124 Å². The zero-order valence-corrected chi connectivity index (χ0v) is 19.3. The Kier molecular flexibility index (Phi) is 6.18. The summed E-state index contributed by atoms with van der Waals surface area (Å²) in [5.41, 5.74) is 2.02. The number of phenols is 3. The first-order chi connectivity index (χ1) is 17.9. The standard InChI is InChI=1S/C15H10O5.C15H10O2/c16-9-2-4-14-10(6-9)12(18)7-15(20-14)8-1-3-11(17)13(19)5-8;16-13-10-15(11-6-2-1-3-7-11)17-14-9-5-4-8-12(13)14/h1-7,16-17,19H;1-10H. The van der Waals surface area contributed by atoms with Gasteiger partial charge in [0.1, 0.15) is 28.4 Å². The highest BCUT2D eigenvalue weighted by atomic mass is 16.3. The number of rotatable bonds is 2. The summed E-state index contributed by atoms with van der Waals surface area (Å²) in [6, 6.07) is 28.1. The van der Waals surface area contributed by atoms with Gasteiger partial charge >= 0.3 is 0 Å². The second-order valence-corrected chi connectivity index (χ2v) is 8.20. The van der Waals surface area contributed by atoms with Crippen LogP contribution in [0.15, 0.2) is 122 Å². The van der Waals surface area contributed by atoms with Crippen LogP contribution in [0.1, 0.15) is 0 Å². The molecule has 7 nitrogen and oxygen atoms in total. The third kappa shape index (κ3) is 4.92. The Labute approximate surface area is 209 Å². The maximum Gasteiger partial charge on any atom is 0.193 e. The van der Waals surface area contributed by atoms with E-state index in [0.717, 1.165) is 5.56 Å². The lowest BCUT2D eigenvalue weighted by atomic mass is 10.1. The quantitative estimate of drug-likeness (QED) is 0.252. The van der Waals surface area contributed by atoms with Gasteiger partial charge in [0.15, 0.2) is 22.4 Å². The molecule has 0 atom stereocenters. The number of phenolic OH excluding ortho intramolecular Hbond substituents is 3. The van der Waals surface area contributed by atoms with Crippen LogP contribution in [0.5, 0.6) is 17.2 Å². The van der Waals surface area contributed by atoms with Crippen molar-refractivity contribution in [1.29, 1.82) is 0 Å². The first-order valence-electron chi connectivity index (χ1n) is 11.3. The van der Waals surface area contributed by atoms with Crippen LogP contribution < -0.4 is 10.9 Å². The van der Waals surface area contributed by atoms with Gasteiger partial charge in [-0.05, 0) is 48.5 Å². The van der Waals surface area contributed by atoms with Gasteiger partial charge in [-0.25, -0.2) is 0 Å². The average molecular weight is 492 g/mol. The molecular weight excluding hydrogens is 472 g/mol. The summed E-state index contributed by atoms with van der Waals surface area (Å²) in [6.45, 7) is 0. The highest BCUT2D eigenvalue weighted by Crippen LogP contribution is 2.31. The van der Waals surface area contributed by atoms with Gasteiger partial charge in [0.05, 0.1) is 10.8 Å². The molecule has 6 aromatic rings. The zero-order valence-electron chi connectivity index (χ0n) is 19.3. The summed E-state index contributed by atoms with van der Waals surface area (Å²) in [7, 11) is 0. The molecular formula is C30H20O7. The van der Waals surface area contributed by atoms with E-state index in [9.17, 15) is 24.9 Å². The van der Waals surface area contributed by atoms with Crippen molar-refractivity contribution in [2.75, 3.05) is 0 Å². The van der Waals surface area contributed by atoms with E-state index in [1.54, 1.807) is 6.07 Å². The SMILES string of the molecule is O=c1cc(-c2ccc(O)c(O)c2)oc2ccc(O)cc12.O=c1cc(-c2ccccc2)oc2ccccc12. The Balaban J connectivity index is 0.000000153. The van der Waals surface area contributed by atoms with Gasteiger partial charge < -0.3 is 24.2 Å². The van der Waals surface area contributed by atoms with Crippen molar-refractivity contribution in [2.45, 2.75) is 0 Å². The minimum atomic E-state index is -0.301. The lowest BCUT2D eigenvalue weighted by Gasteiger charge is -2.05. The fraction of sp³-hybridized carbons (Fsp3) is 0. The van der Waals surface area contributed by atoms with Crippen LogP contribution in [0.4, 0.5) is 0 Å². The Morgan fingerprint density at radius 2 is 1.11 bits per heavy atom. The van der Waals surface area contributed by atoms with Crippen LogP contribution in [0, 0.1) is 0 Å². The third-order valence-corrected chi connectivity index (χ3v) is 5.66. The van der Waals surface area contributed by atoms with Crippen LogP contribution in [-0.4, -0.2) is 15.3 Å². The summed E-state index contributed by atoms with van der Waals surface area (Å²) < 4.78 is 11.3. The van der Waals surface area contributed by atoms with Gasteiger partial charge in [-0.1, -0.05) is 42.5 Å². The van der Waals surface area contributed by atoms with Crippen molar-refractivity contribution >= 4 is 21.9 Å². The summed E-state index contributed by atoms with van der Waals surface area (Å²) in [6.07, 6.45) is 0. The third-order valence-electron chi connectivity index (χ3n) is 5.66. The number of aromatic hydroxyl groups is 3.